The van der Waals surface area contributed by atoms with Crippen molar-refractivity contribution >= 4 is 0 Å². The molecule has 0 saturated heterocycles. The van der Waals surface area contributed by atoms with Crippen LogP contribution in [0.1, 0.15) is 25.8 Å². The van der Waals surface area contributed by atoms with Crippen LogP contribution in [0.5, 0.6) is 0 Å². The first-order valence-electron chi connectivity index (χ1n) is 5.72. The Bertz CT molecular complexity index is 315. The van der Waals surface area contributed by atoms with Gasteiger partial charge in [0.2, 0.25) is 0 Å². The zero-order valence-corrected chi connectivity index (χ0v) is 9.91. The highest BCUT2D eigenvalue weighted by Gasteiger charge is 2.12. The van der Waals surface area contributed by atoms with Crippen molar-refractivity contribution in [2.45, 2.75) is 32.9 Å². The number of aliphatic hydroxyl groups is 1. The third-order valence-electron chi connectivity index (χ3n) is 2.76. The van der Waals surface area contributed by atoms with Gasteiger partial charge in [-0.3, -0.25) is 0 Å². The van der Waals surface area contributed by atoms with E-state index in [9.17, 15) is 4.39 Å². The van der Waals surface area contributed by atoms with Crippen molar-refractivity contribution in [2.75, 3.05) is 6.61 Å². The molecule has 1 rings (SSSR count). The van der Waals surface area contributed by atoms with Gasteiger partial charge in [-0.15, -0.1) is 0 Å². The predicted octanol–water partition coefficient (Wildman–Crippen LogP) is 2.32. The Morgan fingerprint density at radius 1 is 1.31 bits per heavy atom. The van der Waals surface area contributed by atoms with Gasteiger partial charge in [0.25, 0.3) is 0 Å². The largest absolute Gasteiger partial charge is 0.396 e. The summed E-state index contributed by atoms with van der Waals surface area (Å²) in [5.41, 5.74) is 0.672. The summed E-state index contributed by atoms with van der Waals surface area (Å²) in [6, 6.07) is 6.99. The Balaban J connectivity index is 2.52. The average Bonchev–Trinajstić information content (AvgIpc) is 2.26. The number of hydrogen-bond donors (Lipinski definition) is 2. The second-order valence-corrected chi connectivity index (χ2v) is 4.34. The van der Waals surface area contributed by atoms with E-state index in [1.54, 1.807) is 12.1 Å². The van der Waals surface area contributed by atoms with Gasteiger partial charge in [0.15, 0.2) is 0 Å². The fourth-order valence-electron chi connectivity index (χ4n) is 1.69. The van der Waals surface area contributed by atoms with Gasteiger partial charge >= 0.3 is 0 Å². The number of nitrogens with one attached hydrogen (secondary N) is 1. The highest BCUT2D eigenvalue weighted by molar-refractivity contribution is 5.17. The maximum absolute atomic E-state index is 13.3. The number of rotatable bonds is 6. The smallest absolute Gasteiger partial charge is 0.127 e. The van der Waals surface area contributed by atoms with Crippen molar-refractivity contribution in [1.29, 1.82) is 0 Å². The molecule has 0 bridgehead atoms. The van der Waals surface area contributed by atoms with E-state index in [1.807, 2.05) is 6.07 Å². The van der Waals surface area contributed by atoms with Gasteiger partial charge in [-0.2, -0.15) is 0 Å². The van der Waals surface area contributed by atoms with Crippen molar-refractivity contribution in [3.05, 3.63) is 35.6 Å². The molecular formula is C13H20FNO. The lowest BCUT2D eigenvalue weighted by molar-refractivity contribution is 0.243. The van der Waals surface area contributed by atoms with Gasteiger partial charge < -0.3 is 10.4 Å². The third-order valence-corrected chi connectivity index (χ3v) is 2.76. The molecule has 0 aliphatic rings. The van der Waals surface area contributed by atoms with E-state index in [-0.39, 0.29) is 18.5 Å². The fraction of sp³-hybridized carbons (Fsp3) is 0.538. The van der Waals surface area contributed by atoms with Crippen molar-refractivity contribution in [2.24, 2.45) is 5.92 Å². The van der Waals surface area contributed by atoms with E-state index in [0.29, 0.717) is 24.4 Å². The Morgan fingerprint density at radius 3 is 2.56 bits per heavy atom. The minimum absolute atomic E-state index is 0.160. The SMILES string of the molecule is CC(C)C(CCO)NCc1ccccc1F. The summed E-state index contributed by atoms with van der Waals surface area (Å²) in [4.78, 5) is 0. The molecule has 0 aliphatic heterocycles. The topological polar surface area (TPSA) is 32.3 Å². The molecule has 2 N–H and O–H groups in total. The molecule has 90 valence electrons. The lowest BCUT2D eigenvalue weighted by atomic mass is 10.0. The van der Waals surface area contributed by atoms with Crippen LogP contribution in [0.2, 0.25) is 0 Å². The first-order chi connectivity index (χ1) is 7.65. The highest BCUT2D eigenvalue weighted by atomic mass is 19.1. The van der Waals surface area contributed by atoms with Crippen molar-refractivity contribution in [3.8, 4) is 0 Å². The van der Waals surface area contributed by atoms with Crippen LogP contribution in [-0.2, 0) is 6.54 Å². The zero-order valence-electron chi connectivity index (χ0n) is 9.91. The summed E-state index contributed by atoms with van der Waals surface area (Å²) in [5, 5.41) is 12.2. The first-order valence-corrected chi connectivity index (χ1v) is 5.72. The molecule has 1 aromatic carbocycles. The normalized spacial score (nSPS) is 13.1. The van der Waals surface area contributed by atoms with Crippen LogP contribution in [0, 0.1) is 11.7 Å². The standard InChI is InChI=1S/C13H20FNO/c1-10(2)13(7-8-16)15-9-11-5-3-4-6-12(11)14/h3-6,10,13,15-16H,7-9H2,1-2H3. The molecule has 1 atom stereocenters. The van der Waals surface area contributed by atoms with E-state index in [2.05, 4.69) is 19.2 Å². The van der Waals surface area contributed by atoms with E-state index in [0.717, 1.165) is 0 Å². The average molecular weight is 225 g/mol. The van der Waals surface area contributed by atoms with Crippen LogP contribution in [0.4, 0.5) is 4.39 Å². The molecule has 0 saturated carbocycles. The van der Waals surface area contributed by atoms with E-state index in [1.165, 1.54) is 6.07 Å². The second kappa shape index (κ2) is 6.61. The molecule has 1 aromatic rings. The van der Waals surface area contributed by atoms with E-state index in [4.69, 9.17) is 5.11 Å². The molecule has 0 heterocycles. The van der Waals surface area contributed by atoms with Crippen LogP contribution in [-0.4, -0.2) is 17.8 Å². The summed E-state index contributed by atoms with van der Waals surface area (Å²) in [7, 11) is 0. The van der Waals surface area contributed by atoms with Crippen molar-refractivity contribution in [1.82, 2.24) is 5.32 Å². The third kappa shape index (κ3) is 3.91. The van der Waals surface area contributed by atoms with Crippen LogP contribution in [0.3, 0.4) is 0 Å². The van der Waals surface area contributed by atoms with Crippen molar-refractivity contribution in [3.63, 3.8) is 0 Å². The van der Waals surface area contributed by atoms with Crippen LogP contribution < -0.4 is 5.32 Å². The van der Waals surface area contributed by atoms with Crippen molar-refractivity contribution < 1.29 is 9.50 Å². The summed E-state index contributed by atoms with van der Waals surface area (Å²) in [5.74, 6) is 0.250. The number of benzene rings is 1. The molecule has 0 spiro atoms. The number of halogens is 1. The number of hydrogen-bond acceptors (Lipinski definition) is 2. The summed E-state index contributed by atoms with van der Waals surface area (Å²) in [6.45, 7) is 4.85. The zero-order chi connectivity index (χ0) is 12.0. The quantitative estimate of drug-likeness (QED) is 0.778. The summed E-state index contributed by atoms with van der Waals surface area (Å²) >= 11 is 0. The second-order valence-electron chi connectivity index (χ2n) is 4.34. The molecular weight excluding hydrogens is 205 g/mol. The molecule has 2 nitrogen and oxygen atoms in total. The van der Waals surface area contributed by atoms with Gasteiger partial charge in [-0.05, 0) is 18.4 Å². The Morgan fingerprint density at radius 2 is 2.00 bits per heavy atom. The molecule has 0 fully saturated rings. The molecule has 16 heavy (non-hydrogen) atoms. The first kappa shape index (κ1) is 13.1. The summed E-state index contributed by atoms with van der Waals surface area (Å²) in [6.07, 6.45) is 0.701. The van der Waals surface area contributed by atoms with E-state index < -0.39 is 0 Å². The van der Waals surface area contributed by atoms with Crippen LogP contribution in [0.15, 0.2) is 24.3 Å². The molecule has 0 amide bonds. The van der Waals surface area contributed by atoms with Gasteiger partial charge in [-0.1, -0.05) is 32.0 Å². The Labute approximate surface area is 96.5 Å². The molecule has 1 unspecified atom stereocenters. The van der Waals surface area contributed by atoms with Gasteiger partial charge in [0.1, 0.15) is 5.82 Å². The molecule has 3 heteroatoms. The van der Waals surface area contributed by atoms with E-state index >= 15 is 0 Å². The molecule has 0 aromatic heterocycles. The Kier molecular flexibility index (Phi) is 5.43. The minimum atomic E-state index is -0.179. The van der Waals surface area contributed by atoms with Gasteiger partial charge in [0, 0.05) is 24.8 Å². The lowest BCUT2D eigenvalue weighted by Crippen LogP contribution is -2.34. The molecule has 0 radical (unpaired) electrons. The van der Waals surface area contributed by atoms with Crippen LogP contribution in [0.25, 0.3) is 0 Å². The highest BCUT2D eigenvalue weighted by Crippen LogP contribution is 2.10. The Hall–Kier alpha value is -0.930. The maximum atomic E-state index is 13.3. The monoisotopic (exact) mass is 225 g/mol. The lowest BCUT2D eigenvalue weighted by Gasteiger charge is -2.21. The van der Waals surface area contributed by atoms with Gasteiger partial charge in [-0.25, -0.2) is 4.39 Å². The maximum Gasteiger partial charge on any atom is 0.127 e. The number of aliphatic hydroxyl groups excluding tert-OH is 1. The minimum Gasteiger partial charge on any atom is -0.396 e. The molecule has 0 aliphatic carbocycles. The summed E-state index contributed by atoms with van der Waals surface area (Å²) < 4.78 is 13.3. The van der Waals surface area contributed by atoms with Crippen LogP contribution >= 0.6 is 0 Å². The predicted molar refractivity (Wildman–Crippen MR) is 63.6 cm³/mol. The fourth-order valence-corrected chi connectivity index (χ4v) is 1.69. The van der Waals surface area contributed by atoms with Gasteiger partial charge in [0.05, 0.1) is 0 Å².